The van der Waals surface area contributed by atoms with Crippen LogP contribution in [0, 0.1) is 5.21 Å². The van der Waals surface area contributed by atoms with Gasteiger partial charge in [0.1, 0.15) is 34.6 Å². The van der Waals surface area contributed by atoms with Crippen molar-refractivity contribution < 1.29 is 41.7 Å². The molecule has 0 spiro atoms. The normalized spacial score (nSPS) is 18.6. The summed E-state index contributed by atoms with van der Waals surface area (Å²) in [6.07, 6.45) is 1.70. The molecule has 3 atom stereocenters. The number of para-hydroxylation sites is 1. The van der Waals surface area contributed by atoms with Crippen molar-refractivity contribution >= 4 is 51.4 Å². The quantitative estimate of drug-likeness (QED) is 0.0507. The van der Waals surface area contributed by atoms with Crippen molar-refractivity contribution in [3.63, 3.8) is 0 Å². The number of quaternary nitrogens is 1. The van der Waals surface area contributed by atoms with Crippen molar-refractivity contribution in [1.29, 1.82) is 0 Å². The van der Waals surface area contributed by atoms with E-state index < -0.39 is 43.3 Å². The predicted octanol–water partition coefficient (Wildman–Crippen LogP) is 4.71. The Morgan fingerprint density at radius 1 is 1.09 bits per heavy atom. The number of methoxy groups -OCH3 is 1. The van der Waals surface area contributed by atoms with Crippen LogP contribution in [0.1, 0.15) is 52.4 Å². The highest BCUT2D eigenvalue weighted by atomic mass is 35.5. The number of ether oxygens (including phenoxy) is 2. The minimum atomic E-state index is -4.05. The van der Waals surface area contributed by atoms with Crippen molar-refractivity contribution in [3.8, 4) is 5.75 Å². The predicted molar refractivity (Wildman–Crippen MR) is 171 cm³/mol. The van der Waals surface area contributed by atoms with E-state index in [-0.39, 0.29) is 29.3 Å². The van der Waals surface area contributed by atoms with Crippen LogP contribution in [0.2, 0.25) is 5.02 Å². The monoisotopic (exact) mass is 691 g/mol. The molecule has 1 aliphatic heterocycles. The molecular formula is C31H34ClN3O9S2. The highest BCUT2D eigenvalue weighted by molar-refractivity contribution is 7.94. The number of unbranched alkanes of at least 4 members (excludes halogenated alkanes) is 2. The van der Waals surface area contributed by atoms with Crippen LogP contribution in [0.5, 0.6) is 5.75 Å². The van der Waals surface area contributed by atoms with E-state index in [0.717, 1.165) is 0 Å². The first-order valence-electron chi connectivity index (χ1n) is 14.4. The lowest BCUT2D eigenvalue weighted by Crippen LogP contribution is -2.48. The molecule has 1 fully saturated rings. The van der Waals surface area contributed by atoms with Crippen molar-refractivity contribution in [3.05, 3.63) is 99.7 Å². The SMILES string of the molecule is COC(=O)c1ccccc1OCCCCCNC(=O)C(Cc1ccc(C2CC(=O)[N+]([O-])(O)S2)c(Cl)c1)NS(=O)(=O)c1ccccc1. The van der Waals surface area contributed by atoms with Crippen molar-refractivity contribution in [2.24, 2.45) is 0 Å². The van der Waals surface area contributed by atoms with Gasteiger partial charge in [0.25, 0.3) is 0 Å². The Balaban J connectivity index is 1.36. The van der Waals surface area contributed by atoms with E-state index in [1.54, 1.807) is 60.7 Å². The minimum Gasteiger partial charge on any atom is -0.579 e. The van der Waals surface area contributed by atoms with Gasteiger partial charge in [-0.3, -0.25) is 4.79 Å². The molecule has 3 N–H and O–H groups in total. The zero-order chi connectivity index (χ0) is 33.3. The summed E-state index contributed by atoms with van der Waals surface area (Å²) in [5.41, 5.74) is 1.34. The van der Waals surface area contributed by atoms with Gasteiger partial charge in [0.05, 0.1) is 25.0 Å². The molecule has 3 aromatic carbocycles. The van der Waals surface area contributed by atoms with Crippen LogP contribution < -0.4 is 14.8 Å². The third-order valence-electron chi connectivity index (χ3n) is 7.13. The molecular weight excluding hydrogens is 658 g/mol. The van der Waals surface area contributed by atoms with Crippen LogP contribution in [0.15, 0.2) is 77.7 Å². The van der Waals surface area contributed by atoms with Gasteiger partial charge >= 0.3 is 11.9 Å². The number of hydroxylamine groups is 2. The average molecular weight is 692 g/mol. The van der Waals surface area contributed by atoms with Gasteiger partial charge < -0.3 is 20.0 Å². The maximum Gasteiger partial charge on any atom is 0.359 e. The van der Waals surface area contributed by atoms with Crippen molar-refractivity contribution in [1.82, 2.24) is 10.0 Å². The Morgan fingerprint density at radius 3 is 2.48 bits per heavy atom. The standard InChI is InChI=1S/C31H34ClN3O9S2/c1-43-31(38)24-12-6-7-13-27(24)44-17-9-3-8-16-33-30(37)26(34-46(41,42)22-10-4-2-5-11-22)19-21-14-15-23(25(32)18-21)28-20-29(36)35(39,40)45-28/h2,4-7,10-15,18,26,28,34,39H,3,8-9,16-17,19-20H2,1H3,(H,33,37). The number of nitrogens with one attached hydrogen (secondary N) is 2. The van der Waals surface area contributed by atoms with Crippen LogP contribution >= 0.6 is 23.5 Å². The zero-order valence-electron chi connectivity index (χ0n) is 24.9. The first-order chi connectivity index (χ1) is 21.9. The number of hydrogen-bond acceptors (Lipinski definition) is 10. The summed E-state index contributed by atoms with van der Waals surface area (Å²) in [6, 6.07) is 18.0. The second kappa shape index (κ2) is 15.9. The molecule has 1 saturated heterocycles. The van der Waals surface area contributed by atoms with Crippen molar-refractivity contribution in [2.45, 2.75) is 48.3 Å². The summed E-state index contributed by atoms with van der Waals surface area (Å²) in [6.45, 7) is 0.628. The lowest BCUT2D eigenvalue weighted by molar-refractivity contribution is -0.880. The molecule has 0 radical (unpaired) electrons. The Kier molecular flexibility index (Phi) is 12.2. The number of sulfonamides is 1. The van der Waals surface area contributed by atoms with Crippen LogP contribution in [0.4, 0.5) is 0 Å². The second-order valence-electron chi connectivity index (χ2n) is 10.4. The summed E-state index contributed by atoms with van der Waals surface area (Å²) in [7, 11) is -2.76. The number of amides is 2. The van der Waals surface area contributed by atoms with E-state index in [1.165, 1.54) is 19.2 Å². The van der Waals surface area contributed by atoms with Crippen molar-refractivity contribution in [2.75, 3.05) is 20.3 Å². The second-order valence-corrected chi connectivity index (χ2v) is 13.8. The number of carbonyl (C=O) groups is 3. The van der Waals surface area contributed by atoms with Gasteiger partial charge in [0, 0.05) is 11.6 Å². The highest BCUT2D eigenvalue weighted by Crippen LogP contribution is 2.47. The third kappa shape index (κ3) is 9.28. The molecule has 12 nitrogen and oxygen atoms in total. The molecule has 0 bridgehead atoms. The molecule has 0 aromatic heterocycles. The van der Waals surface area contributed by atoms with Gasteiger partial charge in [-0.15, -0.1) is 0 Å². The van der Waals surface area contributed by atoms with Gasteiger partial charge in [-0.2, -0.15) is 9.93 Å². The van der Waals surface area contributed by atoms with Gasteiger partial charge in [0.2, 0.25) is 15.9 Å². The largest absolute Gasteiger partial charge is 0.579 e. The number of benzene rings is 3. The molecule has 0 saturated carbocycles. The summed E-state index contributed by atoms with van der Waals surface area (Å²) >= 11 is 6.98. The van der Waals surface area contributed by atoms with Gasteiger partial charge in [0.15, 0.2) is 0 Å². The number of hydrogen-bond donors (Lipinski definition) is 3. The van der Waals surface area contributed by atoms with E-state index in [9.17, 15) is 33.2 Å². The number of halogens is 1. The summed E-state index contributed by atoms with van der Waals surface area (Å²) < 4.78 is 37.2. The maximum absolute atomic E-state index is 13.3. The van der Waals surface area contributed by atoms with Crippen LogP contribution in [0.3, 0.4) is 0 Å². The maximum atomic E-state index is 13.3. The first-order valence-corrected chi connectivity index (χ1v) is 17.1. The molecule has 15 heteroatoms. The number of rotatable bonds is 15. The Bertz CT molecular complexity index is 1660. The fraction of sp³-hybridized carbons (Fsp3) is 0.323. The summed E-state index contributed by atoms with van der Waals surface area (Å²) in [4.78, 5) is 37.0. The Labute approximate surface area is 276 Å². The highest BCUT2D eigenvalue weighted by Gasteiger charge is 2.44. The molecule has 246 valence electrons. The topological polar surface area (TPSA) is 171 Å². The first kappa shape index (κ1) is 35.4. The van der Waals surface area contributed by atoms with E-state index >= 15 is 0 Å². The molecule has 46 heavy (non-hydrogen) atoms. The fourth-order valence-corrected chi connectivity index (χ4v) is 7.43. The van der Waals surface area contributed by atoms with Gasteiger partial charge in [-0.05, 0) is 67.1 Å². The Hall–Kier alpha value is -3.50. The molecule has 1 heterocycles. The molecule has 4 rings (SSSR count). The minimum absolute atomic E-state index is 0.00102. The van der Waals surface area contributed by atoms with Gasteiger partial charge in [-0.25, -0.2) is 18.0 Å². The summed E-state index contributed by atoms with van der Waals surface area (Å²) in [5, 5.41) is 23.9. The van der Waals surface area contributed by atoms with E-state index in [4.69, 9.17) is 21.1 Å². The van der Waals surface area contributed by atoms with E-state index in [0.29, 0.717) is 60.3 Å². The average Bonchev–Trinajstić information content (AvgIpc) is 3.31. The van der Waals surface area contributed by atoms with E-state index in [2.05, 4.69) is 10.0 Å². The molecule has 2 amide bonds. The van der Waals surface area contributed by atoms with Gasteiger partial charge in [-0.1, -0.05) is 58.3 Å². The molecule has 1 aliphatic rings. The number of esters is 1. The third-order valence-corrected chi connectivity index (χ3v) is 10.1. The molecule has 0 aliphatic carbocycles. The lowest BCUT2D eigenvalue weighted by atomic mass is 10.0. The zero-order valence-corrected chi connectivity index (χ0v) is 27.3. The molecule has 3 aromatic rings. The smallest absolute Gasteiger partial charge is 0.359 e. The summed E-state index contributed by atoms with van der Waals surface area (Å²) in [5.74, 6) is -1.49. The lowest BCUT2D eigenvalue weighted by Gasteiger charge is -2.22. The van der Waals surface area contributed by atoms with Crippen LogP contribution in [0.25, 0.3) is 0 Å². The fourth-order valence-electron chi connectivity index (χ4n) is 4.74. The van der Waals surface area contributed by atoms with Crippen LogP contribution in [-0.2, 0) is 30.8 Å². The molecule has 3 unspecified atom stereocenters. The van der Waals surface area contributed by atoms with E-state index in [1.807, 2.05) is 0 Å². The number of carbonyl (C=O) groups excluding carboxylic acids is 3. The van der Waals surface area contributed by atoms with Crippen LogP contribution in [-0.4, -0.2) is 61.9 Å². The number of nitrogens with zero attached hydrogens (tertiary/aromatic N) is 1. The Morgan fingerprint density at radius 2 is 1.80 bits per heavy atom.